The number of aryl methyl sites for hydroxylation is 1. The van der Waals surface area contributed by atoms with Gasteiger partial charge in [-0.15, -0.1) is 0 Å². The summed E-state index contributed by atoms with van der Waals surface area (Å²) in [6.45, 7) is 0.799. The molecule has 2 nitrogen and oxygen atoms in total. The number of rotatable bonds is 0. The lowest BCUT2D eigenvalue weighted by atomic mass is 10.0. The molecule has 14 heavy (non-hydrogen) atoms. The lowest BCUT2D eigenvalue weighted by molar-refractivity contribution is 0.0956. The molecule has 1 aliphatic heterocycles. The van der Waals surface area contributed by atoms with Crippen molar-refractivity contribution >= 4 is 21.8 Å². The van der Waals surface area contributed by atoms with Gasteiger partial charge in [0.15, 0.2) is 0 Å². The highest BCUT2D eigenvalue weighted by Gasteiger charge is 2.12. The fourth-order valence-corrected chi connectivity index (χ4v) is 1.54. The van der Waals surface area contributed by atoms with Gasteiger partial charge in [0.25, 0.3) is 5.91 Å². The smallest absolute Gasteiger partial charge is 0.251 e. The van der Waals surface area contributed by atoms with Crippen LogP contribution in [0.2, 0.25) is 0 Å². The maximum absolute atomic E-state index is 11.4. The summed E-state index contributed by atoms with van der Waals surface area (Å²) in [5, 5.41) is 2.86. The van der Waals surface area contributed by atoms with E-state index in [-0.39, 0.29) is 5.91 Å². The minimum atomic E-state index is 0.0723. The van der Waals surface area contributed by atoms with Crippen LogP contribution < -0.4 is 5.32 Å². The van der Waals surface area contributed by atoms with E-state index in [1.165, 1.54) is 5.56 Å². The lowest BCUT2D eigenvalue weighted by Crippen LogP contribution is -2.22. The Bertz CT molecular complexity index is 312. The number of fused-ring (bicyclic) bond motifs is 1. The third-order valence-electron chi connectivity index (χ3n) is 2.17. The summed E-state index contributed by atoms with van der Waals surface area (Å²) in [7, 11) is 0. The molecule has 0 aromatic heterocycles. The summed E-state index contributed by atoms with van der Waals surface area (Å²) in [6, 6.07) is 7.80. The molecule has 0 spiro atoms. The lowest BCUT2D eigenvalue weighted by Gasteiger charge is -2.01. The topological polar surface area (TPSA) is 29.1 Å². The molecule has 0 radical (unpaired) electrons. The zero-order valence-electron chi connectivity index (χ0n) is 8.22. The van der Waals surface area contributed by atoms with E-state index in [1.54, 1.807) is 0 Å². The van der Waals surface area contributed by atoms with Crippen molar-refractivity contribution in [1.82, 2.24) is 5.32 Å². The van der Waals surface area contributed by atoms with Gasteiger partial charge in [-0.05, 0) is 30.3 Å². The first-order valence-electron chi connectivity index (χ1n) is 4.62. The van der Waals surface area contributed by atoms with Crippen LogP contribution >= 0.6 is 15.9 Å². The SMILES string of the molecule is CBr.O=C1NCCCc2ccccc21. The van der Waals surface area contributed by atoms with Crippen molar-refractivity contribution in [3.8, 4) is 0 Å². The molecule has 0 atom stereocenters. The van der Waals surface area contributed by atoms with E-state index < -0.39 is 0 Å². The predicted octanol–water partition coefficient (Wildman–Crippen LogP) is 2.37. The summed E-state index contributed by atoms with van der Waals surface area (Å²) in [6.07, 6.45) is 2.05. The van der Waals surface area contributed by atoms with Crippen molar-refractivity contribution in [2.75, 3.05) is 12.4 Å². The molecule has 1 N–H and O–H groups in total. The molecule has 0 unspecified atom stereocenters. The van der Waals surface area contributed by atoms with Crippen LogP contribution in [0, 0.1) is 0 Å². The van der Waals surface area contributed by atoms with Crippen LogP contribution in [0.15, 0.2) is 24.3 Å². The number of hydrogen-bond donors (Lipinski definition) is 1. The number of carbonyl (C=O) groups is 1. The minimum absolute atomic E-state index is 0.0723. The summed E-state index contributed by atoms with van der Waals surface area (Å²) < 4.78 is 0. The predicted molar refractivity (Wildman–Crippen MR) is 61.9 cm³/mol. The van der Waals surface area contributed by atoms with Gasteiger partial charge in [0.05, 0.1) is 0 Å². The second kappa shape index (κ2) is 5.81. The number of halogens is 1. The Morgan fingerprint density at radius 1 is 1.29 bits per heavy atom. The van der Waals surface area contributed by atoms with Crippen molar-refractivity contribution in [3.63, 3.8) is 0 Å². The van der Waals surface area contributed by atoms with Gasteiger partial charge < -0.3 is 5.32 Å². The number of carbonyl (C=O) groups excluding carboxylic acids is 1. The largest absolute Gasteiger partial charge is 0.352 e. The number of hydrogen-bond acceptors (Lipinski definition) is 1. The van der Waals surface area contributed by atoms with Gasteiger partial charge >= 0.3 is 0 Å². The van der Waals surface area contributed by atoms with E-state index in [2.05, 4.69) is 21.2 Å². The van der Waals surface area contributed by atoms with Crippen molar-refractivity contribution in [2.24, 2.45) is 0 Å². The Hall–Kier alpha value is -0.830. The molecule has 0 saturated heterocycles. The summed E-state index contributed by atoms with van der Waals surface area (Å²) in [5.41, 5.74) is 2.02. The van der Waals surface area contributed by atoms with Crippen LogP contribution in [-0.4, -0.2) is 18.3 Å². The highest BCUT2D eigenvalue weighted by atomic mass is 79.9. The molecule has 2 rings (SSSR count). The van der Waals surface area contributed by atoms with Gasteiger partial charge in [-0.25, -0.2) is 0 Å². The molecule has 0 aliphatic carbocycles. The number of benzene rings is 1. The molecule has 0 fully saturated rings. The van der Waals surface area contributed by atoms with E-state index in [4.69, 9.17) is 0 Å². The van der Waals surface area contributed by atoms with Gasteiger partial charge in [0.2, 0.25) is 0 Å². The molecule has 3 heteroatoms. The summed E-state index contributed by atoms with van der Waals surface area (Å²) in [5.74, 6) is 1.88. The standard InChI is InChI=1S/C10H11NO.CH3Br/c12-10-9-6-2-1-4-8(9)5-3-7-11-10;1-2/h1-2,4,6H,3,5,7H2,(H,11,12);1H3. The zero-order chi connectivity index (χ0) is 10.4. The molecule has 76 valence electrons. The molecule has 1 aromatic rings. The van der Waals surface area contributed by atoms with Crippen molar-refractivity contribution in [3.05, 3.63) is 35.4 Å². The van der Waals surface area contributed by atoms with Crippen LogP contribution in [0.4, 0.5) is 0 Å². The molecule has 1 aliphatic rings. The van der Waals surface area contributed by atoms with E-state index in [0.717, 1.165) is 24.9 Å². The normalized spacial score (nSPS) is 14.3. The monoisotopic (exact) mass is 255 g/mol. The molecule has 0 saturated carbocycles. The van der Waals surface area contributed by atoms with Gasteiger partial charge in [0, 0.05) is 12.1 Å². The van der Waals surface area contributed by atoms with Gasteiger partial charge in [-0.2, -0.15) is 0 Å². The maximum atomic E-state index is 11.4. The third kappa shape index (κ3) is 2.58. The molecule has 1 aromatic carbocycles. The van der Waals surface area contributed by atoms with Gasteiger partial charge in [0.1, 0.15) is 0 Å². The number of amides is 1. The molecule has 1 heterocycles. The fraction of sp³-hybridized carbons (Fsp3) is 0.364. The van der Waals surface area contributed by atoms with Crippen molar-refractivity contribution in [2.45, 2.75) is 12.8 Å². The Morgan fingerprint density at radius 2 is 2.00 bits per heavy atom. The molecular weight excluding hydrogens is 242 g/mol. The van der Waals surface area contributed by atoms with Crippen LogP contribution in [-0.2, 0) is 6.42 Å². The van der Waals surface area contributed by atoms with Crippen LogP contribution in [0.1, 0.15) is 22.3 Å². The summed E-state index contributed by atoms with van der Waals surface area (Å²) >= 11 is 2.94. The van der Waals surface area contributed by atoms with Crippen LogP contribution in [0.3, 0.4) is 0 Å². The second-order valence-corrected chi connectivity index (χ2v) is 3.02. The van der Waals surface area contributed by atoms with Crippen LogP contribution in [0.5, 0.6) is 0 Å². The third-order valence-corrected chi connectivity index (χ3v) is 2.17. The quantitative estimate of drug-likeness (QED) is 0.709. The Balaban J connectivity index is 0.000000461. The minimum Gasteiger partial charge on any atom is -0.352 e. The Morgan fingerprint density at radius 3 is 2.79 bits per heavy atom. The first-order valence-corrected chi connectivity index (χ1v) is 6.20. The summed E-state index contributed by atoms with van der Waals surface area (Å²) in [4.78, 5) is 11.4. The van der Waals surface area contributed by atoms with E-state index in [1.807, 2.05) is 30.1 Å². The molecular formula is C11H14BrNO. The number of alkyl halides is 1. The van der Waals surface area contributed by atoms with Crippen molar-refractivity contribution in [1.29, 1.82) is 0 Å². The van der Waals surface area contributed by atoms with Gasteiger partial charge in [-0.3, -0.25) is 4.79 Å². The fourth-order valence-electron chi connectivity index (χ4n) is 1.54. The average molecular weight is 256 g/mol. The first-order chi connectivity index (χ1) is 6.88. The Kier molecular flexibility index (Phi) is 4.66. The number of nitrogens with one attached hydrogen (secondary N) is 1. The van der Waals surface area contributed by atoms with Gasteiger partial charge in [-0.1, -0.05) is 34.1 Å². The van der Waals surface area contributed by atoms with Crippen LogP contribution in [0.25, 0.3) is 0 Å². The second-order valence-electron chi connectivity index (χ2n) is 3.02. The highest BCUT2D eigenvalue weighted by molar-refractivity contribution is 9.08. The van der Waals surface area contributed by atoms with E-state index >= 15 is 0 Å². The zero-order valence-corrected chi connectivity index (χ0v) is 9.80. The van der Waals surface area contributed by atoms with Crippen molar-refractivity contribution < 1.29 is 4.79 Å². The van der Waals surface area contributed by atoms with E-state index in [9.17, 15) is 4.79 Å². The molecule has 0 bridgehead atoms. The van der Waals surface area contributed by atoms with E-state index in [0.29, 0.717) is 0 Å². The highest BCUT2D eigenvalue weighted by Crippen LogP contribution is 2.13. The molecule has 1 amide bonds. The maximum Gasteiger partial charge on any atom is 0.251 e. The first kappa shape index (κ1) is 11.2. The average Bonchev–Trinajstić information content (AvgIpc) is 2.45. The Labute approximate surface area is 92.8 Å².